The molecule has 0 radical (unpaired) electrons. The predicted octanol–water partition coefficient (Wildman–Crippen LogP) is 5.42. The van der Waals surface area contributed by atoms with Crippen molar-refractivity contribution in [3.63, 3.8) is 0 Å². The Hall–Kier alpha value is -0.790. The van der Waals surface area contributed by atoms with Gasteiger partial charge in [-0.3, -0.25) is 0 Å². The van der Waals surface area contributed by atoms with Crippen molar-refractivity contribution in [3.05, 3.63) is 12.2 Å². The van der Waals surface area contributed by atoms with Gasteiger partial charge in [-0.25, -0.2) is 4.79 Å². The molecule has 0 N–H and O–H groups in total. The smallest absolute Gasteiger partial charge is 0.333 e. The number of carbonyl (C=O) groups is 1. The van der Waals surface area contributed by atoms with Crippen LogP contribution in [-0.4, -0.2) is 11.6 Å². The third-order valence-corrected chi connectivity index (χ3v) is 3.53. The summed E-state index contributed by atoms with van der Waals surface area (Å²) in [6.07, 6.45) is 10.5. The Morgan fingerprint density at radius 2 is 1.58 bits per heavy atom. The van der Waals surface area contributed by atoms with Crippen molar-refractivity contribution in [3.8, 4) is 0 Å². The fourth-order valence-corrected chi connectivity index (χ4v) is 2.35. The maximum absolute atomic E-state index is 11.7. The molecule has 1 atom stereocenters. The number of hydrogen-bond acceptors (Lipinski definition) is 2. The first-order chi connectivity index (χ1) is 8.95. The second-order valence-electron chi connectivity index (χ2n) is 5.89. The molecule has 0 heterocycles. The van der Waals surface area contributed by atoms with Gasteiger partial charge in [0, 0.05) is 5.57 Å². The Morgan fingerprint density at radius 3 is 2.11 bits per heavy atom. The lowest BCUT2D eigenvalue weighted by atomic mass is 9.92. The largest absolute Gasteiger partial charge is 0.456 e. The number of esters is 1. The fourth-order valence-electron chi connectivity index (χ4n) is 2.35. The van der Waals surface area contributed by atoms with Crippen molar-refractivity contribution < 1.29 is 9.53 Å². The molecule has 1 unspecified atom stereocenters. The Bertz CT molecular complexity index is 270. The first kappa shape index (κ1) is 18.2. The molecule has 0 aliphatic heterocycles. The Labute approximate surface area is 119 Å². The molecule has 112 valence electrons. The van der Waals surface area contributed by atoms with Crippen LogP contribution < -0.4 is 0 Å². The Balaban J connectivity index is 4.08. The molecule has 0 amide bonds. The zero-order chi connectivity index (χ0) is 14.7. The van der Waals surface area contributed by atoms with E-state index in [1.54, 1.807) is 6.92 Å². The lowest BCUT2D eigenvalue weighted by Gasteiger charge is -2.29. The van der Waals surface area contributed by atoms with E-state index in [1.807, 2.05) is 0 Å². The zero-order valence-electron chi connectivity index (χ0n) is 13.4. The molecule has 0 saturated heterocycles. The first-order valence-corrected chi connectivity index (χ1v) is 7.84. The average Bonchev–Trinajstić information content (AvgIpc) is 2.33. The molecule has 0 fully saturated rings. The quantitative estimate of drug-likeness (QED) is 0.284. The van der Waals surface area contributed by atoms with Crippen molar-refractivity contribution in [2.75, 3.05) is 0 Å². The topological polar surface area (TPSA) is 26.3 Å². The van der Waals surface area contributed by atoms with E-state index >= 15 is 0 Å². The van der Waals surface area contributed by atoms with Crippen LogP contribution in [-0.2, 0) is 9.53 Å². The van der Waals surface area contributed by atoms with Gasteiger partial charge < -0.3 is 4.74 Å². The summed E-state index contributed by atoms with van der Waals surface area (Å²) in [7, 11) is 0. The molecule has 0 aromatic rings. The highest BCUT2D eigenvalue weighted by Gasteiger charge is 2.27. The lowest BCUT2D eigenvalue weighted by molar-refractivity contribution is -0.154. The van der Waals surface area contributed by atoms with E-state index in [1.165, 1.54) is 32.1 Å². The third-order valence-electron chi connectivity index (χ3n) is 3.53. The van der Waals surface area contributed by atoms with E-state index in [9.17, 15) is 4.79 Å². The summed E-state index contributed by atoms with van der Waals surface area (Å²) < 4.78 is 5.63. The summed E-state index contributed by atoms with van der Waals surface area (Å²) in [4.78, 5) is 11.7. The molecule has 0 aromatic heterocycles. The van der Waals surface area contributed by atoms with E-state index in [0.29, 0.717) is 5.57 Å². The molecule has 19 heavy (non-hydrogen) atoms. The van der Waals surface area contributed by atoms with Crippen molar-refractivity contribution in [1.82, 2.24) is 0 Å². The third kappa shape index (κ3) is 8.85. The molecule has 2 nitrogen and oxygen atoms in total. The summed E-state index contributed by atoms with van der Waals surface area (Å²) in [6.45, 7) is 11.8. The van der Waals surface area contributed by atoms with E-state index < -0.39 is 0 Å². The molecular weight excluding hydrogens is 236 g/mol. The van der Waals surface area contributed by atoms with Gasteiger partial charge in [0.2, 0.25) is 0 Å². The number of ether oxygens (including phenoxy) is 1. The standard InChI is InChI=1S/C17H32O2/c1-6-8-9-10-11-12-14-17(5,13-7-2)19-16(18)15(3)4/h3,6-14H2,1-2,4-5H3. The minimum Gasteiger partial charge on any atom is -0.456 e. The number of carbonyl (C=O) groups excluding carboxylic acids is 1. The van der Waals surface area contributed by atoms with Crippen LogP contribution in [0.25, 0.3) is 0 Å². The van der Waals surface area contributed by atoms with E-state index in [-0.39, 0.29) is 11.6 Å². The van der Waals surface area contributed by atoms with Crippen LogP contribution in [0.4, 0.5) is 0 Å². The molecule has 0 saturated carbocycles. The second-order valence-corrected chi connectivity index (χ2v) is 5.89. The maximum atomic E-state index is 11.7. The molecule has 2 heteroatoms. The second kappa shape index (κ2) is 10.1. The van der Waals surface area contributed by atoms with Crippen molar-refractivity contribution in [1.29, 1.82) is 0 Å². The zero-order valence-corrected chi connectivity index (χ0v) is 13.4. The molecular formula is C17H32O2. The first-order valence-electron chi connectivity index (χ1n) is 7.84. The van der Waals surface area contributed by atoms with Gasteiger partial charge in [-0.05, 0) is 33.1 Å². The van der Waals surface area contributed by atoms with Crippen LogP contribution in [0.15, 0.2) is 12.2 Å². The van der Waals surface area contributed by atoms with Crippen LogP contribution in [0.3, 0.4) is 0 Å². The number of unbranched alkanes of at least 4 members (excludes halogenated alkanes) is 5. The van der Waals surface area contributed by atoms with Gasteiger partial charge in [0.25, 0.3) is 0 Å². The maximum Gasteiger partial charge on any atom is 0.333 e. The Morgan fingerprint density at radius 1 is 1.00 bits per heavy atom. The van der Waals surface area contributed by atoms with Gasteiger partial charge in [0.15, 0.2) is 0 Å². The van der Waals surface area contributed by atoms with Crippen LogP contribution in [0.5, 0.6) is 0 Å². The fraction of sp³-hybridized carbons (Fsp3) is 0.824. The average molecular weight is 268 g/mol. The molecule has 0 rings (SSSR count). The van der Waals surface area contributed by atoms with Crippen LogP contribution in [0, 0.1) is 0 Å². The van der Waals surface area contributed by atoms with E-state index in [4.69, 9.17) is 4.74 Å². The molecule has 0 bridgehead atoms. The van der Waals surface area contributed by atoms with Crippen molar-refractivity contribution in [2.24, 2.45) is 0 Å². The highest BCUT2D eigenvalue weighted by atomic mass is 16.6. The normalized spacial score (nSPS) is 13.9. The highest BCUT2D eigenvalue weighted by Crippen LogP contribution is 2.26. The van der Waals surface area contributed by atoms with Gasteiger partial charge in [0.05, 0.1) is 0 Å². The van der Waals surface area contributed by atoms with Gasteiger partial charge >= 0.3 is 5.97 Å². The van der Waals surface area contributed by atoms with Gasteiger partial charge in [-0.15, -0.1) is 0 Å². The molecule has 0 spiro atoms. The van der Waals surface area contributed by atoms with Crippen molar-refractivity contribution in [2.45, 2.75) is 91.1 Å². The predicted molar refractivity (Wildman–Crippen MR) is 82.2 cm³/mol. The summed E-state index contributed by atoms with van der Waals surface area (Å²) in [5.41, 5.74) is 0.181. The lowest BCUT2D eigenvalue weighted by Crippen LogP contribution is -2.32. The SMILES string of the molecule is C=C(C)C(=O)OC(C)(CCC)CCCCCCCC. The molecule has 0 aromatic carbocycles. The highest BCUT2D eigenvalue weighted by molar-refractivity contribution is 5.87. The number of rotatable bonds is 11. The van der Waals surface area contributed by atoms with Gasteiger partial charge in [0.1, 0.15) is 5.60 Å². The van der Waals surface area contributed by atoms with Crippen LogP contribution in [0.2, 0.25) is 0 Å². The molecule has 0 aliphatic carbocycles. The summed E-state index contributed by atoms with van der Waals surface area (Å²) in [5, 5.41) is 0. The summed E-state index contributed by atoms with van der Waals surface area (Å²) in [6, 6.07) is 0. The monoisotopic (exact) mass is 268 g/mol. The van der Waals surface area contributed by atoms with Gasteiger partial charge in [-0.2, -0.15) is 0 Å². The summed E-state index contributed by atoms with van der Waals surface area (Å²) >= 11 is 0. The van der Waals surface area contributed by atoms with E-state index in [2.05, 4.69) is 27.4 Å². The minimum atomic E-state index is -0.310. The summed E-state index contributed by atoms with van der Waals surface area (Å²) in [5.74, 6) is -0.248. The van der Waals surface area contributed by atoms with Crippen molar-refractivity contribution >= 4 is 5.97 Å². The minimum absolute atomic E-state index is 0.248. The Kier molecular flexibility index (Phi) is 9.63. The van der Waals surface area contributed by atoms with Crippen LogP contribution in [0.1, 0.15) is 85.5 Å². The van der Waals surface area contributed by atoms with Crippen LogP contribution >= 0.6 is 0 Å². The molecule has 0 aliphatic rings. The van der Waals surface area contributed by atoms with Gasteiger partial charge in [-0.1, -0.05) is 59.0 Å². The van der Waals surface area contributed by atoms with E-state index in [0.717, 1.165) is 25.7 Å². The number of hydrogen-bond donors (Lipinski definition) is 0.